The zero-order valence-electron chi connectivity index (χ0n) is 11.5. The van der Waals surface area contributed by atoms with Crippen molar-refractivity contribution in [3.05, 3.63) is 28.8 Å². The molecule has 0 aromatic heterocycles. The van der Waals surface area contributed by atoms with Gasteiger partial charge in [0.15, 0.2) is 0 Å². The van der Waals surface area contributed by atoms with Crippen LogP contribution in [0.15, 0.2) is 23.1 Å². The van der Waals surface area contributed by atoms with E-state index in [1.54, 1.807) is 25.1 Å². The predicted octanol–water partition coefficient (Wildman–Crippen LogP) is 2.49. The molecule has 1 fully saturated rings. The van der Waals surface area contributed by atoms with E-state index < -0.39 is 10.0 Å². The fourth-order valence-corrected chi connectivity index (χ4v) is 4.17. The van der Waals surface area contributed by atoms with Crippen molar-refractivity contribution in [2.24, 2.45) is 0 Å². The fraction of sp³-hybridized carbons (Fsp3) is 0.538. The standard InChI is InChI=1S/C13H19ClN2O2S.ClH/c1-9-7-11(14)3-4-13(9)19(17,18)16-12-5-6-15-10(2)8-12;/h3-4,7,10,12,15-16H,5-6,8H2,1-2H3;1H. The predicted molar refractivity (Wildman–Crippen MR) is 84.2 cm³/mol. The van der Waals surface area contributed by atoms with Gasteiger partial charge >= 0.3 is 0 Å². The Labute approximate surface area is 131 Å². The molecule has 1 aliphatic heterocycles. The summed E-state index contributed by atoms with van der Waals surface area (Å²) in [5, 5.41) is 3.85. The van der Waals surface area contributed by atoms with E-state index in [0.717, 1.165) is 19.4 Å². The molecular formula is C13H20Cl2N2O2S. The molecular weight excluding hydrogens is 319 g/mol. The van der Waals surface area contributed by atoms with Crippen LogP contribution < -0.4 is 10.0 Å². The quantitative estimate of drug-likeness (QED) is 0.890. The van der Waals surface area contributed by atoms with Crippen molar-refractivity contribution in [3.8, 4) is 0 Å². The molecule has 20 heavy (non-hydrogen) atoms. The van der Waals surface area contributed by atoms with Crippen LogP contribution in [0.4, 0.5) is 0 Å². The minimum absolute atomic E-state index is 0. The summed E-state index contributed by atoms with van der Waals surface area (Å²) in [6.07, 6.45) is 1.63. The maximum Gasteiger partial charge on any atom is 0.241 e. The van der Waals surface area contributed by atoms with E-state index in [-0.39, 0.29) is 18.4 Å². The van der Waals surface area contributed by atoms with Crippen molar-refractivity contribution < 1.29 is 8.42 Å². The van der Waals surface area contributed by atoms with Gasteiger partial charge in [-0.3, -0.25) is 0 Å². The average Bonchev–Trinajstić information content (AvgIpc) is 2.27. The molecule has 0 radical (unpaired) electrons. The molecule has 2 rings (SSSR count). The molecule has 1 aliphatic rings. The third-order valence-corrected chi connectivity index (χ3v) is 5.29. The molecule has 1 heterocycles. The Balaban J connectivity index is 0.00000200. The monoisotopic (exact) mass is 338 g/mol. The van der Waals surface area contributed by atoms with Crippen molar-refractivity contribution in [1.29, 1.82) is 0 Å². The second-order valence-electron chi connectivity index (χ2n) is 5.11. The van der Waals surface area contributed by atoms with E-state index in [2.05, 4.69) is 17.0 Å². The Hall–Kier alpha value is -0.330. The third kappa shape index (κ3) is 4.33. The summed E-state index contributed by atoms with van der Waals surface area (Å²) in [7, 11) is -3.47. The highest BCUT2D eigenvalue weighted by molar-refractivity contribution is 7.89. The molecule has 7 heteroatoms. The van der Waals surface area contributed by atoms with Crippen molar-refractivity contribution in [1.82, 2.24) is 10.0 Å². The van der Waals surface area contributed by atoms with Crippen LogP contribution in [0.2, 0.25) is 5.02 Å². The summed E-state index contributed by atoms with van der Waals surface area (Å²) in [4.78, 5) is 0.308. The van der Waals surface area contributed by atoms with Crippen LogP contribution in [0.1, 0.15) is 25.3 Å². The average molecular weight is 339 g/mol. The van der Waals surface area contributed by atoms with Crippen LogP contribution in [0.25, 0.3) is 0 Å². The molecule has 2 N–H and O–H groups in total. The van der Waals surface area contributed by atoms with Gasteiger partial charge in [-0.1, -0.05) is 11.6 Å². The lowest BCUT2D eigenvalue weighted by atomic mass is 10.0. The van der Waals surface area contributed by atoms with Gasteiger partial charge in [0.2, 0.25) is 10.0 Å². The lowest BCUT2D eigenvalue weighted by molar-refractivity contribution is 0.361. The van der Waals surface area contributed by atoms with Crippen molar-refractivity contribution in [2.45, 2.75) is 43.7 Å². The summed E-state index contributed by atoms with van der Waals surface area (Å²) in [5.41, 5.74) is 0.669. The Morgan fingerprint density at radius 2 is 2.10 bits per heavy atom. The number of rotatable bonds is 3. The van der Waals surface area contributed by atoms with E-state index in [9.17, 15) is 8.42 Å². The zero-order chi connectivity index (χ0) is 14.0. The molecule has 1 aromatic rings. The van der Waals surface area contributed by atoms with E-state index in [1.165, 1.54) is 0 Å². The first kappa shape index (κ1) is 17.7. The van der Waals surface area contributed by atoms with E-state index in [1.807, 2.05) is 0 Å². The molecule has 4 nitrogen and oxygen atoms in total. The van der Waals surface area contributed by atoms with Gasteiger partial charge in [-0.2, -0.15) is 0 Å². The van der Waals surface area contributed by atoms with Crippen LogP contribution >= 0.6 is 24.0 Å². The maximum atomic E-state index is 12.4. The van der Waals surface area contributed by atoms with Gasteiger partial charge in [0.1, 0.15) is 0 Å². The lowest BCUT2D eigenvalue weighted by Gasteiger charge is -2.28. The molecule has 2 unspecified atom stereocenters. The van der Waals surface area contributed by atoms with Crippen LogP contribution in [0, 0.1) is 6.92 Å². The third-order valence-electron chi connectivity index (χ3n) is 3.37. The van der Waals surface area contributed by atoms with Crippen LogP contribution in [0.5, 0.6) is 0 Å². The fourth-order valence-electron chi connectivity index (χ4n) is 2.44. The number of nitrogens with one attached hydrogen (secondary N) is 2. The van der Waals surface area contributed by atoms with E-state index in [4.69, 9.17) is 11.6 Å². The summed E-state index contributed by atoms with van der Waals surface area (Å²) in [5.74, 6) is 0. The van der Waals surface area contributed by atoms with Gasteiger partial charge in [-0.15, -0.1) is 12.4 Å². The molecule has 1 saturated heterocycles. The smallest absolute Gasteiger partial charge is 0.241 e. The Bertz CT molecular complexity index is 563. The molecule has 0 aliphatic carbocycles. The summed E-state index contributed by atoms with van der Waals surface area (Å²) in [6.45, 7) is 4.66. The Morgan fingerprint density at radius 1 is 1.40 bits per heavy atom. The normalized spacial score (nSPS) is 23.1. The summed E-state index contributed by atoms with van der Waals surface area (Å²) < 4.78 is 27.5. The number of hydrogen-bond acceptors (Lipinski definition) is 3. The Morgan fingerprint density at radius 3 is 2.70 bits per heavy atom. The first-order valence-electron chi connectivity index (χ1n) is 6.40. The Kier molecular flexibility index (Phi) is 6.28. The van der Waals surface area contributed by atoms with Gasteiger partial charge in [-0.05, 0) is 57.0 Å². The van der Waals surface area contributed by atoms with E-state index >= 15 is 0 Å². The minimum Gasteiger partial charge on any atom is -0.314 e. The van der Waals surface area contributed by atoms with Crippen molar-refractivity contribution in [3.63, 3.8) is 0 Å². The number of aryl methyl sites for hydroxylation is 1. The van der Waals surface area contributed by atoms with Gasteiger partial charge in [0, 0.05) is 17.1 Å². The maximum absolute atomic E-state index is 12.4. The van der Waals surface area contributed by atoms with Crippen molar-refractivity contribution >= 4 is 34.0 Å². The van der Waals surface area contributed by atoms with E-state index in [0.29, 0.717) is 21.5 Å². The zero-order valence-corrected chi connectivity index (χ0v) is 13.9. The second-order valence-corrected chi connectivity index (χ2v) is 7.23. The SMILES string of the molecule is Cc1cc(Cl)ccc1S(=O)(=O)NC1CCNC(C)C1.Cl. The number of benzene rings is 1. The number of halogens is 2. The second kappa shape index (κ2) is 7.09. The van der Waals surface area contributed by atoms with Gasteiger partial charge in [0.25, 0.3) is 0 Å². The van der Waals surface area contributed by atoms with Crippen LogP contribution in [0.3, 0.4) is 0 Å². The minimum atomic E-state index is -3.47. The van der Waals surface area contributed by atoms with Gasteiger partial charge in [-0.25, -0.2) is 13.1 Å². The molecule has 0 bridgehead atoms. The molecule has 1 aromatic carbocycles. The molecule has 114 valence electrons. The first-order valence-corrected chi connectivity index (χ1v) is 8.26. The van der Waals surface area contributed by atoms with Gasteiger partial charge in [0.05, 0.1) is 4.90 Å². The number of sulfonamides is 1. The highest BCUT2D eigenvalue weighted by Crippen LogP contribution is 2.21. The molecule has 0 spiro atoms. The highest BCUT2D eigenvalue weighted by atomic mass is 35.5. The summed E-state index contributed by atoms with van der Waals surface area (Å²) in [6, 6.07) is 5.17. The number of hydrogen-bond donors (Lipinski definition) is 2. The molecule has 0 saturated carbocycles. The highest BCUT2D eigenvalue weighted by Gasteiger charge is 2.25. The van der Waals surface area contributed by atoms with Crippen LogP contribution in [-0.4, -0.2) is 27.0 Å². The van der Waals surface area contributed by atoms with Crippen LogP contribution in [-0.2, 0) is 10.0 Å². The van der Waals surface area contributed by atoms with Gasteiger partial charge < -0.3 is 5.32 Å². The van der Waals surface area contributed by atoms with Crippen molar-refractivity contribution in [2.75, 3.05) is 6.54 Å². The molecule has 2 atom stereocenters. The molecule has 0 amide bonds. The first-order chi connectivity index (χ1) is 8.88. The summed E-state index contributed by atoms with van der Waals surface area (Å²) >= 11 is 5.85. The number of piperidine rings is 1. The lowest BCUT2D eigenvalue weighted by Crippen LogP contribution is -2.46. The largest absolute Gasteiger partial charge is 0.314 e. The topological polar surface area (TPSA) is 58.2 Å².